The number of nitrogens with one attached hydrogen (secondary N) is 2. The van der Waals surface area contributed by atoms with Crippen molar-refractivity contribution in [2.75, 3.05) is 20.2 Å². The van der Waals surface area contributed by atoms with Gasteiger partial charge < -0.3 is 15.4 Å². The van der Waals surface area contributed by atoms with Gasteiger partial charge in [-0.25, -0.2) is 4.98 Å². The van der Waals surface area contributed by atoms with E-state index < -0.39 is 0 Å². The number of benzene rings is 1. The topological polar surface area (TPSA) is 76.4 Å². The van der Waals surface area contributed by atoms with Gasteiger partial charge in [-0.1, -0.05) is 25.5 Å². The van der Waals surface area contributed by atoms with Gasteiger partial charge in [0.15, 0.2) is 5.96 Å². The van der Waals surface area contributed by atoms with Gasteiger partial charge in [-0.3, -0.25) is 9.67 Å². The summed E-state index contributed by atoms with van der Waals surface area (Å²) in [7, 11) is 3.63. The van der Waals surface area contributed by atoms with E-state index in [0.29, 0.717) is 6.54 Å². The minimum atomic E-state index is 0.583. The maximum Gasteiger partial charge on any atom is 0.191 e. The van der Waals surface area contributed by atoms with Crippen LogP contribution in [-0.4, -0.2) is 40.9 Å². The smallest absolute Gasteiger partial charge is 0.191 e. The molecule has 1 heterocycles. The number of hydrogen-bond acceptors (Lipinski definition) is 4. The molecule has 7 nitrogen and oxygen atoms in total. The van der Waals surface area contributed by atoms with Crippen LogP contribution in [-0.2, 0) is 20.0 Å². The van der Waals surface area contributed by atoms with E-state index in [0.717, 1.165) is 49.9 Å². The third-order valence-corrected chi connectivity index (χ3v) is 3.84. The van der Waals surface area contributed by atoms with Gasteiger partial charge in [-0.2, -0.15) is 5.10 Å². The van der Waals surface area contributed by atoms with Crippen molar-refractivity contribution in [1.29, 1.82) is 0 Å². The van der Waals surface area contributed by atoms with E-state index in [9.17, 15) is 0 Å². The molecule has 25 heavy (non-hydrogen) atoms. The number of nitrogens with zero attached hydrogens (tertiary/aromatic N) is 4. The molecule has 0 unspecified atom stereocenters. The first-order valence-corrected chi connectivity index (χ1v) is 8.72. The predicted octanol–water partition coefficient (Wildman–Crippen LogP) is 1.90. The number of unbranched alkanes of at least 4 members (excludes halogenated alkanes) is 1. The first-order chi connectivity index (χ1) is 12.2. The molecule has 2 aromatic rings. The standard InChI is InChI=1S/C18H28N6O/c1-4-5-12-25-16-8-6-15(7-9-16)10-11-20-18(19-2)21-13-17-22-14-23-24(17)3/h6-9,14H,4-5,10-13H2,1-3H3,(H2,19,20,21). The fraction of sp³-hybridized carbons (Fsp3) is 0.500. The Morgan fingerprint density at radius 3 is 2.68 bits per heavy atom. The average molecular weight is 344 g/mol. The number of hydrogen-bond donors (Lipinski definition) is 2. The first kappa shape index (κ1) is 18.8. The van der Waals surface area contributed by atoms with Crippen LogP contribution in [0, 0.1) is 0 Å². The third-order valence-electron chi connectivity index (χ3n) is 3.84. The lowest BCUT2D eigenvalue weighted by molar-refractivity contribution is 0.309. The van der Waals surface area contributed by atoms with Crippen molar-refractivity contribution in [3.05, 3.63) is 42.0 Å². The summed E-state index contributed by atoms with van der Waals surface area (Å²) in [5.74, 6) is 2.55. The summed E-state index contributed by atoms with van der Waals surface area (Å²) in [6.45, 7) is 4.33. The fourth-order valence-electron chi connectivity index (χ4n) is 2.28. The highest BCUT2D eigenvalue weighted by Gasteiger charge is 2.03. The molecule has 0 aliphatic carbocycles. The summed E-state index contributed by atoms with van der Waals surface area (Å²) in [6.07, 6.45) is 4.70. The van der Waals surface area contributed by atoms with Crippen molar-refractivity contribution in [2.24, 2.45) is 12.0 Å². The van der Waals surface area contributed by atoms with Crippen LogP contribution in [0.3, 0.4) is 0 Å². The van der Waals surface area contributed by atoms with Crippen LogP contribution in [0.1, 0.15) is 31.2 Å². The van der Waals surface area contributed by atoms with Gasteiger partial charge in [-0.05, 0) is 30.5 Å². The molecular formula is C18H28N6O. The van der Waals surface area contributed by atoms with Crippen molar-refractivity contribution in [3.8, 4) is 5.75 Å². The molecule has 0 amide bonds. The molecule has 0 saturated carbocycles. The Morgan fingerprint density at radius 1 is 1.24 bits per heavy atom. The molecule has 0 aliphatic heterocycles. The maximum atomic E-state index is 5.68. The number of aromatic nitrogens is 3. The SMILES string of the molecule is CCCCOc1ccc(CCNC(=NC)NCc2ncnn2C)cc1. The molecule has 0 bridgehead atoms. The molecule has 2 N–H and O–H groups in total. The number of rotatable bonds is 9. The number of guanidine groups is 1. The molecule has 0 spiro atoms. The third kappa shape index (κ3) is 6.45. The van der Waals surface area contributed by atoms with E-state index in [-0.39, 0.29) is 0 Å². The Balaban J connectivity index is 1.70. The number of aryl methyl sites for hydroxylation is 1. The maximum absolute atomic E-state index is 5.68. The largest absolute Gasteiger partial charge is 0.494 e. The highest BCUT2D eigenvalue weighted by Crippen LogP contribution is 2.12. The molecule has 136 valence electrons. The molecule has 1 aromatic heterocycles. The van der Waals surface area contributed by atoms with Gasteiger partial charge in [-0.15, -0.1) is 0 Å². The summed E-state index contributed by atoms with van der Waals surface area (Å²) < 4.78 is 7.42. The first-order valence-electron chi connectivity index (χ1n) is 8.72. The van der Waals surface area contributed by atoms with E-state index in [2.05, 4.69) is 44.8 Å². The van der Waals surface area contributed by atoms with E-state index in [4.69, 9.17) is 4.74 Å². The number of aliphatic imine (C=N–C) groups is 1. The zero-order chi connectivity index (χ0) is 17.9. The molecule has 0 radical (unpaired) electrons. The average Bonchev–Trinajstić information content (AvgIpc) is 3.04. The summed E-state index contributed by atoms with van der Waals surface area (Å²) in [6, 6.07) is 8.29. The van der Waals surface area contributed by atoms with E-state index in [1.165, 1.54) is 5.56 Å². The Hall–Kier alpha value is -2.57. The van der Waals surface area contributed by atoms with E-state index >= 15 is 0 Å². The van der Waals surface area contributed by atoms with Gasteiger partial charge in [0.1, 0.15) is 17.9 Å². The Labute approximate surface area is 149 Å². The lowest BCUT2D eigenvalue weighted by atomic mass is 10.1. The predicted molar refractivity (Wildman–Crippen MR) is 99.8 cm³/mol. The van der Waals surface area contributed by atoms with Crippen LogP contribution in [0.4, 0.5) is 0 Å². The second kappa shape index (κ2) is 10.3. The van der Waals surface area contributed by atoms with Crippen molar-refractivity contribution < 1.29 is 4.74 Å². The van der Waals surface area contributed by atoms with Crippen molar-refractivity contribution in [2.45, 2.75) is 32.7 Å². The normalized spacial score (nSPS) is 11.4. The van der Waals surface area contributed by atoms with Gasteiger partial charge in [0.05, 0.1) is 13.2 Å². The molecule has 0 fully saturated rings. The summed E-state index contributed by atoms with van der Waals surface area (Å²) in [5.41, 5.74) is 1.26. The van der Waals surface area contributed by atoms with Crippen molar-refractivity contribution >= 4 is 5.96 Å². The van der Waals surface area contributed by atoms with E-state index in [1.807, 2.05) is 19.2 Å². The van der Waals surface area contributed by atoms with Crippen molar-refractivity contribution in [1.82, 2.24) is 25.4 Å². The molecule has 0 atom stereocenters. The minimum Gasteiger partial charge on any atom is -0.494 e. The van der Waals surface area contributed by atoms with Gasteiger partial charge in [0, 0.05) is 20.6 Å². The minimum absolute atomic E-state index is 0.583. The number of ether oxygens (including phenoxy) is 1. The monoisotopic (exact) mass is 344 g/mol. The van der Waals surface area contributed by atoms with Crippen LogP contribution in [0.2, 0.25) is 0 Å². The zero-order valence-corrected chi connectivity index (χ0v) is 15.3. The van der Waals surface area contributed by atoms with E-state index in [1.54, 1.807) is 18.1 Å². The van der Waals surface area contributed by atoms with Crippen molar-refractivity contribution in [3.63, 3.8) is 0 Å². The Morgan fingerprint density at radius 2 is 2.04 bits per heavy atom. The Bertz CT molecular complexity index is 650. The van der Waals surface area contributed by atoms with Crippen LogP contribution >= 0.6 is 0 Å². The molecule has 2 rings (SSSR count). The lowest BCUT2D eigenvalue weighted by Crippen LogP contribution is -2.38. The van der Waals surface area contributed by atoms with Gasteiger partial charge in [0.2, 0.25) is 0 Å². The highest BCUT2D eigenvalue weighted by molar-refractivity contribution is 5.79. The van der Waals surface area contributed by atoms with Crippen LogP contribution in [0.5, 0.6) is 5.75 Å². The summed E-state index contributed by atoms with van der Waals surface area (Å²) in [4.78, 5) is 8.40. The second-order valence-electron chi connectivity index (χ2n) is 5.75. The zero-order valence-electron chi connectivity index (χ0n) is 15.3. The lowest BCUT2D eigenvalue weighted by Gasteiger charge is -2.12. The summed E-state index contributed by atoms with van der Waals surface area (Å²) in [5, 5.41) is 10.6. The van der Waals surface area contributed by atoms with Gasteiger partial charge in [0.25, 0.3) is 0 Å². The molecular weight excluding hydrogens is 316 g/mol. The second-order valence-corrected chi connectivity index (χ2v) is 5.75. The molecule has 1 aromatic carbocycles. The van der Waals surface area contributed by atoms with Crippen LogP contribution < -0.4 is 15.4 Å². The fourth-order valence-corrected chi connectivity index (χ4v) is 2.28. The highest BCUT2D eigenvalue weighted by atomic mass is 16.5. The molecule has 0 saturated heterocycles. The summed E-state index contributed by atoms with van der Waals surface area (Å²) >= 11 is 0. The van der Waals surface area contributed by atoms with Crippen LogP contribution in [0.15, 0.2) is 35.6 Å². The Kier molecular flexibility index (Phi) is 7.75. The molecule has 7 heteroatoms. The van der Waals surface area contributed by atoms with Crippen LogP contribution in [0.25, 0.3) is 0 Å². The molecule has 0 aliphatic rings. The quantitative estimate of drug-likeness (QED) is 0.413. The van der Waals surface area contributed by atoms with Gasteiger partial charge >= 0.3 is 0 Å².